The molecule has 0 saturated heterocycles. The van der Waals surface area contributed by atoms with Crippen molar-refractivity contribution in [2.24, 2.45) is 5.73 Å². The Morgan fingerprint density at radius 2 is 2.50 bits per heavy atom. The SMILES string of the molecule is NC(=O)C1=CO[CH]O1. The summed E-state index contributed by atoms with van der Waals surface area (Å²) in [6.45, 7) is 1.03. The average molecular weight is 114 g/mol. The minimum Gasteiger partial charge on any atom is -0.452 e. The lowest BCUT2D eigenvalue weighted by molar-refractivity contribution is -0.117. The third-order valence-electron chi connectivity index (χ3n) is 0.649. The van der Waals surface area contributed by atoms with Crippen LogP contribution in [-0.2, 0) is 14.3 Å². The van der Waals surface area contributed by atoms with Gasteiger partial charge in [0, 0.05) is 0 Å². The summed E-state index contributed by atoms with van der Waals surface area (Å²) in [5.74, 6) is -0.594. The van der Waals surface area contributed by atoms with Crippen LogP contribution in [0.4, 0.5) is 0 Å². The first kappa shape index (κ1) is 4.96. The van der Waals surface area contributed by atoms with E-state index < -0.39 is 5.91 Å². The molecule has 1 heterocycles. The van der Waals surface area contributed by atoms with Crippen molar-refractivity contribution in [3.05, 3.63) is 18.8 Å². The smallest absolute Gasteiger partial charge is 0.315 e. The van der Waals surface area contributed by atoms with Crippen LogP contribution in [-0.4, -0.2) is 5.91 Å². The van der Waals surface area contributed by atoms with Crippen molar-refractivity contribution in [3.63, 3.8) is 0 Å². The van der Waals surface area contributed by atoms with E-state index in [1.54, 1.807) is 0 Å². The second-order valence-corrected chi connectivity index (χ2v) is 1.20. The Bertz CT molecular complexity index is 140. The van der Waals surface area contributed by atoms with E-state index in [0.29, 0.717) is 0 Å². The van der Waals surface area contributed by atoms with Gasteiger partial charge in [0.25, 0.3) is 5.91 Å². The number of primary amides is 1. The number of hydrogen-bond donors (Lipinski definition) is 1. The molecule has 0 aliphatic carbocycles. The minimum atomic E-state index is -0.626. The van der Waals surface area contributed by atoms with Gasteiger partial charge in [0.15, 0.2) is 0 Å². The van der Waals surface area contributed by atoms with Crippen LogP contribution in [0.25, 0.3) is 0 Å². The zero-order valence-corrected chi connectivity index (χ0v) is 3.96. The van der Waals surface area contributed by atoms with Gasteiger partial charge in [-0.3, -0.25) is 4.79 Å². The molecule has 1 rings (SSSR count). The van der Waals surface area contributed by atoms with Crippen molar-refractivity contribution < 1.29 is 14.3 Å². The fourth-order valence-corrected chi connectivity index (χ4v) is 0.313. The van der Waals surface area contributed by atoms with Gasteiger partial charge in [0.2, 0.25) is 5.76 Å². The summed E-state index contributed by atoms with van der Waals surface area (Å²) in [6, 6.07) is 0. The van der Waals surface area contributed by atoms with Gasteiger partial charge >= 0.3 is 6.79 Å². The molecule has 43 valence electrons. The second-order valence-electron chi connectivity index (χ2n) is 1.20. The molecule has 0 saturated carbocycles. The van der Waals surface area contributed by atoms with E-state index in [4.69, 9.17) is 5.73 Å². The highest BCUT2D eigenvalue weighted by atomic mass is 16.7. The van der Waals surface area contributed by atoms with Crippen molar-refractivity contribution in [3.8, 4) is 0 Å². The van der Waals surface area contributed by atoms with Gasteiger partial charge in [-0.05, 0) is 0 Å². The Labute approximate surface area is 45.9 Å². The summed E-state index contributed by atoms with van der Waals surface area (Å²) in [5.41, 5.74) is 4.77. The zero-order valence-electron chi connectivity index (χ0n) is 3.96. The summed E-state index contributed by atoms with van der Waals surface area (Å²) >= 11 is 0. The molecule has 1 aliphatic heterocycles. The monoisotopic (exact) mass is 114 g/mol. The molecular weight excluding hydrogens is 110 g/mol. The number of carbonyl (C=O) groups is 1. The van der Waals surface area contributed by atoms with Crippen LogP contribution in [0, 0.1) is 6.79 Å². The van der Waals surface area contributed by atoms with E-state index in [-0.39, 0.29) is 5.76 Å². The largest absolute Gasteiger partial charge is 0.452 e. The fourth-order valence-electron chi connectivity index (χ4n) is 0.313. The van der Waals surface area contributed by atoms with Crippen LogP contribution in [0.5, 0.6) is 0 Å². The molecule has 4 heteroatoms. The molecule has 8 heavy (non-hydrogen) atoms. The van der Waals surface area contributed by atoms with Gasteiger partial charge in [-0.15, -0.1) is 0 Å². The number of nitrogens with two attached hydrogens (primary N) is 1. The van der Waals surface area contributed by atoms with Gasteiger partial charge in [-0.25, -0.2) is 0 Å². The number of hydrogen-bond acceptors (Lipinski definition) is 3. The van der Waals surface area contributed by atoms with Crippen LogP contribution in [0.15, 0.2) is 12.0 Å². The topological polar surface area (TPSA) is 61.6 Å². The Morgan fingerprint density at radius 1 is 1.75 bits per heavy atom. The van der Waals surface area contributed by atoms with Gasteiger partial charge in [-0.1, -0.05) is 0 Å². The Balaban J connectivity index is 2.57. The van der Waals surface area contributed by atoms with E-state index in [2.05, 4.69) is 9.47 Å². The second kappa shape index (κ2) is 1.73. The Hall–Kier alpha value is -1.19. The van der Waals surface area contributed by atoms with Crippen LogP contribution < -0.4 is 5.73 Å². The van der Waals surface area contributed by atoms with E-state index in [1.165, 1.54) is 0 Å². The van der Waals surface area contributed by atoms with E-state index in [9.17, 15) is 4.79 Å². The maximum atomic E-state index is 10.1. The van der Waals surface area contributed by atoms with Crippen LogP contribution in [0.2, 0.25) is 0 Å². The maximum Gasteiger partial charge on any atom is 0.315 e. The molecule has 0 aromatic heterocycles. The summed E-state index contributed by atoms with van der Waals surface area (Å²) in [5, 5.41) is 0. The lowest BCUT2D eigenvalue weighted by Gasteiger charge is -1.89. The van der Waals surface area contributed by atoms with E-state index in [0.717, 1.165) is 13.1 Å². The number of ether oxygens (including phenoxy) is 2. The van der Waals surface area contributed by atoms with Crippen molar-refractivity contribution >= 4 is 5.91 Å². The van der Waals surface area contributed by atoms with E-state index in [1.807, 2.05) is 0 Å². The molecule has 4 nitrogen and oxygen atoms in total. The quantitative estimate of drug-likeness (QED) is 0.498. The predicted molar refractivity (Wildman–Crippen MR) is 23.7 cm³/mol. The Kier molecular flexibility index (Phi) is 1.07. The number of rotatable bonds is 1. The van der Waals surface area contributed by atoms with Crippen molar-refractivity contribution in [2.75, 3.05) is 0 Å². The maximum absolute atomic E-state index is 10.1. The molecule has 1 aliphatic rings. The van der Waals surface area contributed by atoms with Crippen LogP contribution >= 0.6 is 0 Å². The molecule has 1 radical (unpaired) electrons. The molecule has 0 unspecified atom stereocenters. The highest BCUT2D eigenvalue weighted by Gasteiger charge is 2.11. The first-order valence-corrected chi connectivity index (χ1v) is 1.94. The minimum absolute atomic E-state index is 0.0324. The van der Waals surface area contributed by atoms with Crippen molar-refractivity contribution in [1.82, 2.24) is 0 Å². The molecule has 0 fully saturated rings. The molecule has 0 aromatic carbocycles. The standard InChI is InChI=1S/C4H4NO3/c5-4(6)3-1-7-2-8-3/h1-2H,(H2,5,6). The first-order valence-electron chi connectivity index (χ1n) is 1.94. The summed E-state index contributed by atoms with van der Waals surface area (Å²) in [6.07, 6.45) is 1.14. The molecule has 0 bridgehead atoms. The summed E-state index contributed by atoms with van der Waals surface area (Å²) < 4.78 is 8.86. The average Bonchev–Trinajstić information content (AvgIpc) is 2.12. The lowest BCUT2D eigenvalue weighted by Crippen LogP contribution is -2.13. The van der Waals surface area contributed by atoms with Crippen molar-refractivity contribution in [2.45, 2.75) is 0 Å². The fraction of sp³-hybridized carbons (Fsp3) is 0. The van der Waals surface area contributed by atoms with Gasteiger partial charge in [0.1, 0.15) is 6.26 Å². The molecule has 2 N–H and O–H groups in total. The lowest BCUT2D eigenvalue weighted by atomic mass is 10.5. The third-order valence-corrected chi connectivity index (χ3v) is 0.649. The van der Waals surface area contributed by atoms with Gasteiger partial charge in [-0.2, -0.15) is 0 Å². The molecule has 0 aromatic rings. The highest BCUT2D eigenvalue weighted by Crippen LogP contribution is 2.07. The Morgan fingerprint density at radius 3 is 2.75 bits per heavy atom. The zero-order chi connectivity index (χ0) is 5.98. The summed E-state index contributed by atoms with van der Waals surface area (Å²) in [4.78, 5) is 10.1. The molecular formula is C4H4NO3. The molecule has 0 atom stereocenters. The summed E-state index contributed by atoms with van der Waals surface area (Å²) in [7, 11) is 0. The predicted octanol–water partition coefficient (Wildman–Crippen LogP) is -0.521. The number of carbonyl (C=O) groups excluding carboxylic acids is 1. The normalized spacial score (nSPS) is 16.2. The van der Waals surface area contributed by atoms with Gasteiger partial charge in [0.05, 0.1) is 0 Å². The molecule has 1 amide bonds. The van der Waals surface area contributed by atoms with Crippen LogP contribution in [0.1, 0.15) is 0 Å². The number of amides is 1. The first-order chi connectivity index (χ1) is 3.80. The van der Waals surface area contributed by atoms with Crippen molar-refractivity contribution in [1.29, 1.82) is 0 Å². The molecule has 0 spiro atoms. The van der Waals surface area contributed by atoms with E-state index >= 15 is 0 Å². The van der Waals surface area contributed by atoms with Gasteiger partial charge < -0.3 is 15.2 Å². The highest BCUT2D eigenvalue weighted by molar-refractivity contribution is 5.89. The third kappa shape index (κ3) is 0.726. The van der Waals surface area contributed by atoms with Crippen LogP contribution in [0.3, 0.4) is 0 Å².